The van der Waals surface area contributed by atoms with Crippen molar-refractivity contribution in [2.45, 2.75) is 32.2 Å². The second kappa shape index (κ2) is 7.85. The Morgan fingerprint density at radius 3 is 2.21 bits per heavy atom. The highest BCUT2D eigenvalue weighted by atomic mass is 79.9. The Morgan fingerprint density at radius 1 is 1.11 bits per heavy atom. The maximum Gasteiger partial charge on any atom is 0.171 e. The molecule has 0 aliphatic heterocycles. The molecule has 1 rings (SSSR count). The quantitative estimate of drug-likeness (QED) is 0.779. The molecule has 0 aliphatic carbocycles. The number of halogens is 1. The summed E-state index contributed by atoms with van der Waals surface area (Å²) in [6.45, 7) is 4.14. The van der Waals surface area contributed by atoms with Gasteiger partial charge >= 0.3 is 0 Å². The first-order valence-corrected chi connectivity index (χ1v) is 6.97. The number of rotatable bonds is 7. The van der Waals surface area contributed by atoms with Gasteiger partial charge in [-0.05, 0) is 47.5 Å². The molecule has 0 aliphatic rings. The van der Waals surface area contributed by atoms with Gasteiger partial charge in [-0.3, -0.25) is 0 Å². The van der Waals surface area contributed by atoms with Gasteiger partial charge in [-0.1, -0.05) is 6.07 Å². The molecule has 4 nitrogen and oxygen atoms in total. The third kappa shape index (κ3) is 4.45. The lowest BCUT2D eigenvalue weighted by Crippen LogP contribution is -2.40. The summed E-state index contributed by atoms with van der Waals surface area (Å²) in [4.78, 5) is 0. The van der Waals surface area contributed by atoms with E-state index in [1.54, 1.807) is 21.3 Å². The predicted molar refractivity (Wildman–Crippen MR) is 79.5 cm³/mol. The lowest BCUT2D eigenvalue weighted by molar-refractivity contribution is -0.120. The maximum absolute atomic E-state index is 5.24. The molecular formula is C14H22BrNO3. The number of hydrogen-bond acceptors (Lipinski definition) is 4. The van der Waals surface area contributed by atoms with E-state index in [4.69, 9.17) is 14.2 Å². The monoisotopic (exact) mass is 331 g/mol. The molecule has 0 amide bonds. The number of nitrogens with one attached hydrogen (secondary N) is 1. The van der Waals surface area contributed by atoms with Crippen LogP contribution in [0, 0.1) is 0 Å². The zero-order valence-electron chi connectivity index (χ0n) is 12.1. The van der Waals surface area contributed by atoms with E-state index in [1.165, 1.54) is 5.56 Å². The topological polar surface area (TPSA) is 39.7 Å². The second-order valence-electron chi connectivity index (χ2n) is 4.41. The van der Waals surface area contributed by atoms with Crippen LogP contribution in [0.5, 0.6) is 5.75 Å². The van der Waals surface area contributed by atoms with Crippen molar-refractivity contribution in [3.05, 3.63) is 28.2 Å². The van der Waals surface area contributed by atoms with Crippen LogP contribution in [-0.2, 0) is 9.47 Å². The van der Waals surface area contributed by atoms with E-state index in [0.29, 0.717) is 0 Å². The van der Waals surface area contributed by atoms with Crippen LogP contribution in [0.15, 0.2) is 22.7 Å². The number of ether oxygens (including phenoxy) is 3. The zero-order chi connectivity index (χ0) is 14.4. The fourth-order valence-corrected chi connectivity index (χ4v) is 2.58. The van der Waals surface area contributed by atoms with E-state index < -0.39 is 0 Å². The van der Waals surface area contributed by atoms with Gasteiger partial charge in [0.15, 0.2) is 6.29 Å². The number of methoxy groups -OCH3 is 3. The molecule has 0 saturated heterocycles. The van der Waals surface area contributed by atoms with E-state index >= 15 is 0 Å². The van der Waals surface area contributed by atoms with Crippen molar-refractivity contribution in [3.8, 4) is 5.75 Å². The smallest absolute Gasteiger partial charge is 0.171 e. The van der Waals surface area contributed by atoms with Crippen LogP contribution in [0.3, 0.4) is 0 Å². The van der Waals surface area contributed by atoms with Crippen LogP contribution in [-0.4, -0.2) is 33.7 Å². The van der Waals surface area contributed by atoms with Crippen LogP contribution in [0.25, 0.3) is 0 Å². The average molecular weight is 332 g/mol. The van der Waals surface area contributed by atoms with Crippen LogP contribution in [0.1, 0.15) is 25.5 Å². The number of benzene rings is 1. The first-order valence-electron chi connectivity index (χ1n) is 6.18. The van der Waals surface area contributed by atoms with Crippen molar-refractivity contribution in [1.29, 1.82) is 0 Å². The Balaban J connectivity index is 2.72. The predicted octanol–water partition coefficient (Wildman–Crippen LogP) is 3.12. The van der Waals surface area contributed by atoms with E-state index in [0.717, 1.165) is 10.2 Å². The standard InChI is InChI=1S/C14H22BrNO3/c1-9(16-10(2)14(18-4)19-5)11-6-7-13(17-3)12(15)8-11/h6-10,14,16H,1-5H3/t9-,10+/m0/s1. The van der Waals surface area contributed by atoms with Crippen molar-refractivity contribution < 1.29 is 14.2 Å². The molecule has 1 aromatic rings. The summed E-state index contributed by atoms with van der Waals surface area (Å²) in [6, 6.07) is 6.32. The molecule has 1 aromatic carbocycles. The summed E-state index contributed by atoms with van der Waals surface area (Å²) in [7, 11) is 4.94. The minimum Gasteiger partial charge on any atom is -0.496 e. The maximum atomic E-state index is 5.24. The summed E-state index contributed by atoms with van der Waals surface area (Å²) in [6.07, 6.45) is -0.260. The molecule has 0 heterocycles. The molecule has 19 heavy (non-hydrogen) atoms. The van der Waals surface area contributed by atoms with Crippen LogP contribution >= 0.6 is 15.9 Å². The fraction of sp³-hybridized carbons (Fsp3) is 0.571. The minimum atomic E-state index is -0.260. The SMILES string of the molecule is COc1ccc([C@H](C)N[C@H](C)C(OC)OC)cc1Br. The summed E-state index contributed by atoms with van der Waals surface area (Å²) in [5.74, 6) is 0.829. The van der Waals surface area contributed by atoms with Gasteiger partial charge in [0.1, 0.15) is 5.75 Å². The number of hydrogen-bond donors (Lipinski definition) is 1. The van der Waals surface area contributed by atoms with Crippen LogP contribution in [0.2, 0.25) is 0 Å². The highest BCUT2D eigenvalue weighted by molar-refractivity contribution is 9.10. The Kier molecular flexibility index (Phi) is 6.79. The Hall–Kier alpha value is -0.620. The van der Waals surface area contributed by atoms with Crippen molar-refractivity contribution in [3.63, 3.8) is 0 Å². The summed E-state index contributed by atoms with van der Waals surface area (Å²) >= 11 is 3.50. The van der Waals surface area contributed by atoms with Gasteiger partial charge in [0.2, 0.25) is 0 Å². The summed E-state index contributed by atoms with van der Waals surface area (Å²) < 4.78 is 16.7. The zero-order valence-corrected chi connectivity index (χ0v) is 13.7. The van der Waals surface area contributed by atoms with Gasteiger partial charge in [-0.2, -0.15) is 0 Å². The normalized spacial score (nSPS) is 14.5. The lowest BCUT2D eigenvalue weighted by Gasteiger charge is -2.26. The first-order chi connectivity index (χ1) is 9.03. The molecule has 0 radical (unpaired) electrons. The Labute approximate surface area is 123 Å². The highest BCUT2D eigenvalue weighted by Gasteiger charge is 2.18. The third-order valence-corrected chi connectivity index (χ3v) is 3.68. The average Bonchev–Trinajstić information content (AvgIpc) is 2.39. The van der Waals surface area contributed by atoms with Crippen molar-refractivity contribution in [2.75, 3.05) is 21.3 Å². The largest absolute Gasteiger partial charge is 0.496 e. The minimum absolute atomic E-state index is 0.0888. The highest BCUT2D eigenvalue weighted by Crippen LogP contribution is 2.28. The Bertz CT molecular complexity index is 396. The molecule has 0 aromatic heterocycles. The molecule has 0 saturated carbocycles. The van der Waals surface area contributed by atoms with Gasteiger partial charge in [-0.15, -0.1) is 0 Å². The molecule has 0 spiro atoms. The first kappa shape index (κ1) is 16.4. The Morgan fingerprint density at radius 2 is 1.74 bits per heavy atom. The van der Waals surface area contributed by atoms with Gasteiger partial charge in [0.05, 0.1) is 17.6 Å². The van der Waals surface area contributed by atoms with E-state index in [9.17, 15) is 0 Å². The molecular weight excluding hydrogens is 310 g/mol. The fourth-order valence-electron chi connectivity index (χ4n) is 2.03. The van der Waals surface area contributed by atoms with Gasteiger partial charge < -0.3 is 19.5 Å². The second-order valence-corrected chi connectivity index (χ2v) is 5.27. The van der Waals surface area contributed by atoms with E-state index in [-0.39, 0.29) is 18.4 Å². The molecule has 5 heteroatoms. The van der Waals surface area contributed by atoms with Crippen LogP contribution < -0.4 is 10.1 Å². The molecule has 1 N–H and O–H groups in total. The third-order valence-electron chi connectivity index (χ3n) is 3.06. The summed E-state index contributed by atoms with van der Waals surface area (Å²) in [5.41, 5.74) is 1.17. The summed E-state index contributed by atoms with van der Waals surface area (Å²) in [5, 5.41) is 3.45. The molecule has 0 unspecified atom stereocenters. The van der Waals surface area contributed by atoms with E-state index in [2.05, 4.69) is 34.2 Å². The van der Waals surface area contributed by atoms with Gasteiger partial charge in [0, 0.05) is 20.3 Å². The van der Waals surface area contributed by atoms with Crippen molar-refractivity contribution in [1.82, 2.24) is 5.32 Å². The van der Waals surface area contributed by atoms with Crippen molar-refractivity contribution >= 4 is 15.9 Å². The molecule has 108 valence electrons. The van der Waals surface area contributed by atoms with E-state index in [1.807, 2.05) is 19.1 Å². The molecule has 0 bridgehead atoms. The van der Waals surface area contributed by atoms with Crippen molar-refractivity contribution in [2.24, 2.45) is 0 Å². The molecule has 2 atom stereocenters. The van der Waals surface area contributed by atoms with Gasteiger partial charge in [-0.25, -0.2) is 0 Å². The lowest BCUT2D eigenvalue weighted by atomic mass is 10.1. The van der Waals surface area contributed by atoms with Crippen LogP contribution in [0.4, 0.5) is 0 Å². The van der Waals surface area contributed by atoms with Gasteiger partial charge in [0.25, 0.3) is 0 Å². The molecule has 0 fully saturated rings.